The van der Waals surface area contributed by atoms with E-state index >= 15 is 0 Å². The van der Waals surface area contributed by atoms with Crippen molar-refractivity contribution in [1.29, 1.82) is 0 Å². The van der Waals surface area contributed by atoms with Gasteiger partial charge in [-0.15, -0.1) is 0 Å². The van der Waals surface area contributed by atoms with Crippen LogP contribution in [-0.2, 0) is 9.53 Å². The van der Waals surface area contributed by atoms with Crippen molar-refractivity contribution in [2.45, 2.75) is 19.9 Å². The molecule has 0 aliphatic carbocycles. The number of hydrogen-bond acceptors (Lipinski definition) is 8. The summed E-state index contributed by atoms with van der Waals surface area (Å²) in [5.41, 5.74) is 1.31. The van der Waals surface area contributed by atoms with Crippen LogP contribution in [0.1, 0.15) is 31.2 Å². The summed E-state index contributed by atoms with van der Waals surface area (Å²) >= 11 is 1.25. The standard InChI is InChI=1S/C24H25N3O5S/c1-6-31-23(29)20-14(2)25-24-27(21(20)15-8-7-9-16(12-15)30-5)22(28)18(33-24)13-17-10-11-19(32-17)26(3)4/h7-13,21H,6H2,1-5H3. The number of rotatable bonds is 6. The van der Waals surface area contributed by atoms with Gasteiger partial charge in [-0.1, -0.05) is 23.5 Å². The molecule has 9 heteroatoms. The highest BCUT2D eigenvalue weighted by Gasteiger charge is 2.33. The summed E-state index contributed by atoms with van der Waals surface area (Å²) in [7, 11) is 5.33. The Hall–Kier alpha value is -3.59. The highest BCUT2D eigenvalue weighted by Crippen LogP contribution is 2.32. The molecule has 4 rings (SSSR count). The number of fused-ring (bicyclic) bond motifs is 1. The lowest BCUT2D eigenvalue weighted by atomic mass is 9.95. The molecular formula is C24H25N3O5S. The minimum Gasteiger partial charge on any atom is -0.497 e. The first-order valence-electron chi connectivity index (χ1n) is 10.4. The molecule has 3 aromatic rings. The maximum atomic E-state index is 13.6. The van der Waals surface area contributed by atoms with Crippen molar-refractivity contribution < 1.29 is 18.7 Å². The van der Waals surface area contributed by atoms with Gasteiger partial charge in [0.15, 0.2) is 10.7 Å². The number of thiazole rings is 1. The quantitative estimate of drug-likeness (QED) is 0.518. The predicted octanol–water partition coefficient (Wildman–Crippen LogP) is 2.47. The monoisotopic (exact) mass is 467 g/mol. The van der Waals surface area contributed by atoms with E-state index in [1.165, 1.54) is 11.3 Å². The van der Waals surface area contributed by atoms with Gasteiger partial charge in [0.2, 0.25) is 0 Å². The molecular weight excluding hydrogens is 442 g/mol. The van der Waals surface area contributed by atoms with Gasteiger partial charge in [0.1, 0.15) is 11.5 Å². The van der Waals surface area contributed by atoms with Gasteiger partial charge in [-0.05, 0) is 37.6 Å². The third-order valence-electron chi connectivity index (χ3n) is 5.25. The second kappa shape index (κ2) is 9.11. The highest BCUT2D eigenvalue weighted by atomic mass is 32.1. The van der Waals surface area contributed by atoms with Crippen molar-refractivity contribution in [3.63, 3.8) is 0 Å². The Morgan fingerprint density at radius 1 is 1.30 bits per heavy atom. The zero-order chi connectivity index (χ0) is 23.7. The van der Waals surface area contributed by atoms with Crippen LogP contribution in [0.25, 0.3) is 6.08 Å². The molecule has 0 fully saturated rings. The smallest absolute Gasteiger partial charge is 0.338 e. The number of allylic oxidation sites excluding steroid dienone is 1. The Labute approximate surface area is 194 Å². The van der Waals surface area contributed by atoms with Crippen molar-refractivity contribution >= 4 is 29.3 Å². The van der Waals surface area contributed by atoms with Gasteiger partial charge in [-0.25, -0.2) is 9.79 Å². The van der Waals surface area contributed by atoms with Gasteiger partial charge >= 0.3 is 5.97 Å². The first-order valence-corrected chi connectivity index (χ1v) is 11.3. The normalized spacial score (nSPS) is 15.8. The van der Waals surface area contributed by atoms with E-state index in [0.29, 0.717) is 38.0 Å². The zero-order valence-electron chi connectivity index (χ0n) is 19.1. The molecule has 1 aliphatic heterocycles. The number of ether oxygens (including phenoxy) is 2. The Kier molecular flexibility index (Phi) is 6.24. The summed E-state index contributed by atoms with van der Waals surface area (Å²) in [4.78, 5) is 33.4. The number of hydrogen-bond donors (Lipinski definition) is 0. The Morgan fingerprint density at radius 3 is 2.76 bits per heavy atom. The number of benzene rings is 1. The van der Waals surface area contributed by atoms with Crippen LogP contribution in [0.15, 0.2) is 61.9 Å². The first-order chi connectivity index (χ1) is 15.8. The maximum Gasteiger partial charge on any atom is 0.338 e. The molecule has 172 valence electrons. The molecule has 1 unspecified atom stereocenters. The van der Waals surface area contributed by atoms with E-state index in [0.717, 1.165) is 5.56 Å². The fourth-order valence-electron chi connectivity index (χ4n) is 3.71. The number of aromatic nitrogens is 1. The van der Waals surface area contributed by atoms with Gasteiger partial charge in [-0.3, -0.25) is 9.36 Å². The summed E-state index contributed by atoms with van der Waals surface area (Å²) in [6.07, 6.45) is 1.70. The highest BCUT2D eigenvalue weighted by molar-refractivity contribution is 7.07. The molecule has 1 aromatic carbocycles. The minimum atomic E-state index is -0.688. The van der Waals surface area contributed by atoms with Crippen LogP contribution in [0.4, 0.5) is 5.88 Å². The van der Waals surface area contributed by atoms with Crippen LogP contribution in [0.3, 0.4) is 0 Å². The van der Waals surface area contributed by atoms with Crippen LogP contribution in [0.2, 0.25) is 0 Å². The molecule has 1 aliphatic rings. The second-order valence-electron chi connectivity index (χ2n) is 7.65. The molecule has 0 bridgehead atoms. The van der Waals surface area contributed by atoms with Crippen LogP contribution in [0.5, 0.6) is 5.75 Å². The van der Waals surface area contributed by atoms with Crippen LogP contribution in [-0.4, -0.2) is 38.3 Å². The van der Waals surface area contributed by atoms with E-state index in [-0.39, 0.29) is 12.2 Å². The SMILES string of the molecule is CCOC(=O)C1=C(C)N=c2sc(=Cc3ccc(N(C)C)o3)c(=O)n2C1c1cccc(OC)c1. The molecule has 8 nitrogen and oxygen atoms in total. The average molecular weight is 468 g/mol. The summed E-state index contributed by atoms with van der Waals surface area (Å²) in [6, 6.07) is 10.3. The van der Waals surface area contributed by atoms with Gasteiger partial charge in [0.05, 0.1) is 35.6 Å². The van der Waals surface area contributed by atoms with E-state index in [1.807, 2.05) is 55.4 Å². The van der Waals surface area contributed by atoms with E-state index in [1.54, 1.807) is 31.6 Å². The van der Waals surface area contributed by atoms with Gasteiger partial charge in [-0.2, -0.15) is 0 Å². The van der Waals surface area contributed by atoms with Crippen LogP contribution in [0, 0.1) is 0 Å². The minimum absolute atomic E-state index is 0.220. The third-order valence-corrected chi connectivity index (χ3v) is 6.24. The molecule has 0 amide bonds. The lowest BCUT2D eigenvalue weighted by molar-refractivity contribution is -0.139. The number of nitrogens with zero attached hydrogens (tertiary/aromatic N) is 3. The molecule has 33 heavy (non-hydrogen) atoms. The molecule has 3 heterocycles. The summed E-state index contributed by atoms with van der Waals surface area (Å²) in [6.45, 7) is 3.72. The number of esters is 1. The Morgan fingerprint density at radius 2 is 2.09 bits per heavy atom. The predicted molar refractivity (Wildman–Crippen MR) is 126 cm³/mol. The average Bonchev–Trinajstić information content (AvgIpc) is 3.38. The third kappa shape index (κ3) is 4.23. The summed E-state index contributed by atoms with van der Waals surface area (Å²) < 4.78 is 18.5. The molecule has 0 saturated carbocycles. The molecule has 0 radical (unpaired) electrons. The van der Waals surface area contributed by atoms with Gasteiger partial charge in [0.25, 0.3) is 5.56 Å². The van der Waals surface area contributed by atoms with Crippen molar-refractivity contribution in [2.24, 2.45) is 4.99 Å². The van der Waals surface area contributed by atoms with Gasteiger partial charge < -0.3 is 18.8 Å². The lowest BCUT2D eigenvalue weighted by Crippen LogP contribution is -2.39. The number of carbonyl (C=O) groups excluding carboxylic acids is 1. The first kappa shape index (κ1) is 22.6. The van der Waals surface area contributed by atoms with E-state index in [9.17, 15) is 9.59 Å². The molecule has 1 atom stereocenters. The number of methoxy groups -OCH3 is 1. The fraction of sp³-hybridized carbons (Fsp3) is 0.292. The van der Waals surface area contributed by atoms with Crippen molar-refractivity contribution in [3.05, 3.63) is 78.7 Å². The molecule has 0 N–H and O–H groups in total. The van der Waals surface area contributed by atoms with Crippen LogP contribution < -0.4 is 24.5 Å². The van der Waals surface area contributed by atoms with Gasteiger partial charge in [0, 0.05) is 26.2 Å². The molecule has 0 spiro atoms. The Bertz CT molecular complexity index is 1410. The van der Waals surface area contributed by atoms with E-state index in [4.69, 9.17) is 13.9 Å². The summed E-state index contributed by atoms with van der Waals surface area (Å²) in [5, 5.41) is 0. The van der Waals surface area contributed by atoms with Crippen LogP contribution >= 0.6 is 11.3 Å². The lowest BCUT2D eigenvalue weighted by Gasteiger charge is -2.24. The number of carbonyl (C=O) groups is 1. The topological polar surface area (TPSA) is 86.3 Å². The Balaban J connectivity index is 1.93. The molecule has 0 saturated heterocycles. The second-order valence-corrected chi connectivity index (χ2v) is 8.66. The maximum absolute atomic E-state index is 13.6. The number of furan rings is 1. The largest absolute Gasteiger partial charge is 0.497 e. The van der Waals surface area contributed by atoms with E-state index in [2.05, 4.69) is 4.99 Å². The number of anilines is 1. The zero-order valence-corrected chi connectivity index (χ0v) is 19.9. The fourth-order valence-corrected chi connectivity index (χ4v) is 4.73. The van der Waals surface area contributed by atoms with Crippen molar-refractivity contribution in [2.75, 3.05) is 32.7 Å². The van der Waals surface area contributed by atoms with E-state index < -0.39 is 12.0 Å². The molecule has 2 aromatic heterocycles. The van der Waals surface area contributed by atoms with Crippen molar-refractivity contribution in [1.82, 2.24) is 4.57 Å². The summed E-state index contributed by atoms with van der Waals surface area (Å²) in [5.74, 6) is 1.37. The van der Waals surface area contributed by atoms with Crippen molar-refractivity contribution in [3.8, 4) is 5.75 Å².